The van der Waals surface area contributed by atoms with Gasteiger partial charge in [0.15, 0.2) is 0 Å². The molecule has 0 bridgehead atoms. The van der Waals surface area contributed by atoms with Gasteiger partial charge in [0, 0.05) is 0 Å². The number of carboxylic acids is 1. The zero-order valence-electron chi connectivity index (χ0n) is 41.0. The summed E-state index contributed by atoms with van der Waals surface area (Å²) < 4.78 is 0. The summed E-state index contributed by atoms with van der Waals surface area (Å²) in [6.07, 6.45) is 3.11. The fourth-order valence-electron chi connectivity index (χ4n) is 5.73. The standard InChI is InChI=1S/C42H74N12O14S/c1-11-21(5)32(43)39(64)54-34(22(6)12-2)40(65)47-17-30(58)51-27(19-55)37(62)46-16-29(57)49-23(7)35(60)44-15-28(56)48-24(8)36(61)45-18-31(59)53-33(20(3)4)41(66)52-26(13-14-69-10)38(63)50-25(9)42(67)68/h20-27,32-34,55H,11-19,43H2,1-10H3,(H,44,60)(H,45,61)(H,46,62)(H,47,65)(H,48,56)(H,49,57)(H,50,63)(H,51,58)(H,52,66)(H,53,59)(H,54,64)(H,67,68)/t21-,22-,23-,24-,25-,26-,27-,32-,33-,34-/m0/s1. The molecule has 0 saturated heterocycles. The van der Waals surface area contributed by atoms with Gasteiger partial charge >= 0.3 is 5.97 Å². The van der Waals surface area contributed by atoms with Crippen LogP contribution in [0.15, 0.2) is 0 Å². The maximum absolute atomic E-state index is 13.1. The Morgan fingerprint density at radius 3 is 1.36 bits per heavy atom. The van der Waals surface area contributed by atoms with Crippen LogP contribution in [0.3, 0.4) is 0 Å². The van der Waals surface area contributed by atoms with E-state index >= 15 is 0 Å². The Kier molecular flexibility index (Phi) is 29.7. The first-order chi connectivity index (χ1) is 32.2. The zero-order chi connectivity index (χ0) is 53.1. The molecule has 0 aromatic carbocycles. The lowest BCUT2D eigenvalue weighted by molar-refractivity contribution is -0.142. The molecule has 0 aliphatic heterocycles. The van der Waals surface area contributed by atoms with Crippen molar-refractivity contribution in [2.45, 2.75) is 130 Å². The third kappa shape index (κ3) is 24.2. The third-order valence-electron chi connectivity index (χ3n) is 10.7. The van der Waals surface area contributed by atoms with E-state index in [1.807, 2.05) is 13.8 Å². The van der Waals surface area contributed by atoms with Crippen LogP contribution in [0.5, 0.6) is 0 Å². The van der Waals surface area contributed by atoms with Crippen molar-refractivity contribution >= 4 is 82.7 Å². The number of nitrogens with two attached hydrogens (primary N) is 1. The van der Waals surface area contributed by atoms with Gasteiger partial charge in [0.2, 0.25) is 65.0 Å². The van der Waals surface area contributed by atoms with E-state index in [9.17, 15) is 62.6 Å². The number of amides is 11. The largest absolute Gasteiger partial charge is 0.480 e. The average Bonchev–Trinajstić information content (AvgIpc) is 3.30. The zero-order valence-corrected chi connectivity index (χ0v) is 41.8. The predicted molar refractivity (Wildman–Crippen MR) is 252 cm³/mol. The molecule has 11 amide bonds. The van der Waals surface area contributed by atoms with E-state index in [0.29, 0.717) is 18.6 Å². The van der Waals surface area contributed by atoms with Gasteiger partial charge in [-0.3, -0.25) is 57.5 Å². The maximum atomic E-state index is 13.1. The highest BCUT2D eigenvalue weighted by molar-refractivity contribution is 7.98. The minimum Gasteiger partial charge on any atom is -0.480 e. The minimum atomic E-state index is -1.54. The lowest BCUT2D eigenvalue weighted by Crippen LogP contribution is -2.57. The number of carbonyl (C=O) groups is 12. The van der Waals surface area contributed by atoms with E-state index in [-0.39, 0.29) is 18.3 Å². The molecule has 0 fully saturated rings. The van der Waals surface area contributed by atoms with Crippen LogP contribution in [-0.4, -0.2) is 174 Å². The molecule has 0 aliphatic rings. The molecule has 0 rings (SSSR count). The number of thioether (sulfide) groups is 1. The normalized spacial score (nSPS) is 15.3. The van der Waals surface area contributed by atoms with E-state index in [4.69, 9.17) is 10.8 Å². The lowest BCUT2D eigenvalue weighted by Gasteiger charge is -2.26. The number of aliphatic hydroxyl groups excluding tert-OH is 1. The van der Waals surface area contributed by atoms with E-state index in [2.05, 4.69) is 58.5 Å². The number of aliphatic carboxylic acids is 1. The molecule has 27 heteroatoms. The number of carbonyl (C=O) groups excluding carboxylic acids is 11. The van der Waals surface area contributed by atoms with Crippen LogP contribution in [0.1, 0.15) is 81.6 Å². The molecule has 0 aromatic rings. The maximum Gasteiger partial charge on any atom is 0.325 e. The van der Waals surface area contributed by atoms with Gasteiger partial charge in [-0.05, 0) is 57.0 Å². The second-order valence-corrected chi connectivity index (χ2v) is 17.7. The van der Waals surface area contributed by atoms with Gasteiger partial charge in [-0.1, -0.05) is 54.4 Å². The Morgan fingerprint density at radius 2 is 0.928 bits per heavy atom. The van der Waals surface area contributed by atoms with Crippen LogP contribution in [0.2, 0.25) is 0 Å². The van der Waals surface area contributed by atoms with Crippen molar-refractivity contribution in [1.82, 2.24) is 58.5 Å². The van der Waals surface area contributed by atoms with Crippen LogP contribution >= 0.6 is 11.8 Å². The third-order valence-corrected chi connectivity index (χ3v) is 11.3. The fourth-order valence-corrected chi connectivity index (χ4v) is 6.20. The Labute approximate surface area is 406 Å². The van der Waals surface area contributed by atoms with E-state index in [1.165, 1.54) is 32.5 Å². The summed E-state index contributed by atoms with van der Waals surface area (Å²) in [6, 6.07) is -9.28. The summed E-state index contributed by atoms with van der Waals surface area (Å²) in [5, 5.41) is 44.9. The van der Waals surface area contributed by atoms with Gasteiger partial charge in [-0.2, -0.15) is 11.8 Å². The number of hydrogen-bond donors (Lipinski definition) is 14. The Balaban J connectivity index is 4.97. The van der Waals surface area contributed by atoms with Gasteiger partial charge in [0.25, 0.3) is 0 Å². The van der Waals surface area contributed by atoms with Crippen molar-refractivity contribution in [1.29, 1.82) is 0 Å². The minimum absolute atomic E-state index is 0.145. The highest BCUT2D eigenvalue weighted by atomic mass is 32.2. The molecule has 0 radical (unpaired) electrons. The van der Waals surface area contributed by atoms with E-state index in [1.54, 1.807) is 34.0 Å². The first-order valence-corrected chi connectivity index (χ1v) is 23.9. The van der Waals surface area contributed by atoms with Crippen LogP contribution in [0.25, 0.3) is 0 Å². The van der Waals surface area contributed by atoms with Gasteiger partial charge < -0.3 is 74.4 Å². The Morgan fingerprint density at radius 1 is 0.478 bits per heavy atom. The molecule has 0 unspecified atom stereocenters. The molecule has 15 N–H and O–H groups in total. The molecular weight excluding hydrogens is 929 g/mol. The lowest BCUT2D eigenvalue weighted by atomic mass is 9.95. The molecule has 10 atom stereocenters. The van der Waals surface area contributed by atoms with Gasteiger partial charge in [-0.25, -0.2) is 0 Å². The molecule has 0 heterocycles. The molecule has 0 aromatic heterocycles. The molecule has 392 valence electrons. The smallest absolute Gasteiger partial charge is 0.325 e. The summed E-state index contributed by atoms with van der Waals surface area (Å²) in [5.41, 5.74) is 6.00. The number of hydrogen-bond acceptors (Lipinski definition) is 15. The summed E-state index contributed by atoms with van der Waals surface area (Å²) >= 11 is 1.40. The predicted octanol–water partition coefficient (Wildman–Crippen LogP) is -5.19. The van der Waals surface area contributed by atoms with Crippen molar-refractivity contribution in [2.24, 2.45) is 23.5 Å². The summed E-state index contributed by atoms with van der Waals surface area (Å²) in [6.45, 7) is 10.9. The van der Waals surface area contributed by atoms with Crippen LogP contribution in [0, 0.1) is 17.8 Å². The quantitative estimate of drug-likeness (QED) is 0.0300. The van der Waals surface area contributed by atoms with Gasteiger partial charge in [-0.15, -0.1) is 0 Å². The van der Waals surface area contributed by atoms with Crippen molar-refractivity contribution in [3.8, 4) is 0 Å². The van der Waals surface area contributed by atoms with E-state index in [0.717, 1.165) is 0 Å². The van der Waals surface area contributed by atoms with Crippen LogP contribution in [-0.2, 0) is 57.5 Å². The first-order valence-electron chi connectivity index (χ1n) is 22.5. The number of rotatable bonds is 32. The van der Waals surface area contributed by atoms with Crippen molar-refractivity contribution < 1.29 is 67.7 Å². The Bertz CT molecular complexity index is 1810. The molecule has 0 saturated carbocycles. The molecule has 26 nitrogen and oxygen atoms in total. The number of aliphatic hydroxyl groups is 1. The van der Waals surface area contributed by atoms with Gasteiger partial charge in [0.05, 0.1) is 38.8 Å². The first kappa shape index (κ1) is 62.9. The Hall–Kier alpha value is -6.09. The highest BCUT2D eigenvalue weighted by Crippen LogP contribution is 2.11. The molecule has 69 heavy (non-hydrogen) atoms. The van der Waals surface area contributed by atoms with Crippen molar-refractivity contribution in [2.75, 3.05) is 44.8 Å². The van der Waals surface area contributed by atoms with Crippen molar-refractivity contribution in [3.05, 3.63) is 0 Å². The topological polar surface area (TPSA) is 404 Å². The summed E-state index contributed by atoms with van der Waals surface area (Å²) in [4.78, 5) is 151. The molecular formula is C42H74N12O14S. The second-order valence-electron chi connectivity index (χ2n) is 16.7. The SMILES string of the molecule is CC[C@H](C)[C@H](N)C(=O)N[C@H](C(=O)NCC(=O)N[C@@H](CO)C(=O)NCC(=O)N[C@@H](C)C(=O)NCC(=O)N[C@@H](C)C(=O)NCC(=O)N[C@H](C(=O)N[C@@H](CCSC)C(=O)N[C@@H](C)C(=O)O)C(C)C)[C@@H](C)CC. The number of carboxylic acid groups (broad SMARTS) is 1. The van der Waals surface area contributed by atoms with Crippen LogP contribution in [0.4, 0.5) is 0 Å². The van der Waals surface area contributed by atoms with Gasteiger partial charge in [0.1, 0.15) is 42.3 Å². The highest BCUT2D eigenvalue weighted by Gasteiger charge is 2.32. The second kappa shape index (κ2) is 32.6. The monoisotopic (exact) mass is 1000 g/mol. The summed E-state index contributed by atoms with van der Waals surface area (Å²) in [7, 11) is 0. The molecule has 0 spiro atoms. The summed E-state index contributed by atoms with van der Waals surface area (Å²) in [5.74, 6) is -10.3. The van der Waals surface area contributed by atoms with Crippen LogP contribution < -0.4 is 64.2 Å². The van der Waals surface area contributed by atoms with E-state index < -0.39 is 158 Å². The number of nitrogens with one attached hydrogen (secondary N) is 11. The average molecular weight is 1000 g/mol. The van der Waals surface area contributed by atoms with Crippen molar-refractivity contribution in [3.63, 3.8) is 0 Å². The molecule has 0 aliphatic carbocycles. The fraction of sp³-hybridized carbons (Fsp3) is 0.714.